The van der Waals surface area contributed by atoms with Crippen molar-refractivity contribution in [2.24, 2.45) is 5.10 Å². The van der Waals surface area contributed by atoms with Gasteiger partial charge in [-0.2, -0.15) is 5.10 Å². The summed E-state index contributed by atoms with van der Waals surface area (Å²) in [6, 6.07) is 4.68. The molecule has 0 aliphatic heterocycles. The molecule has 0 atom stereocenters. The maximum absolute atomic E-state index is 11.8. The maximum Gasteiger partial charge on any atom is 0.247 e. The minimum absolute atomic E-state index is 0.00407. The zero-order chi connectivity index (χ0) is 18.2. The van der Waals surface area contributed by atoms with E-state index in [9.17, 15) is 14.7 Å². The zero-order valence-corrected chi connectivity index (χ0v) is 14.5. The molecule has 1 aromatic carbocycles. The molecule has 9 nitrogen and oxygen atoms in total. The van der Waals surface area contributed by atoms with Crippen LogP contribution in [0, 0.1) is 0 Å². The number of nitrogens with zero attached hydrogens (tertiary/aromatic N) is 3. The van der Waals surface area contributed by atoms with Gasteiger partial charge in [0.25, 0.3) is 0 Å². The zero-order valence-electron chi connectivity index (χ0n) is 13.6. The first-order valence-corrected chi connectivity index (χ1v) is 8.14. The van der Waals surface area contributed by atoms with E-state index in [-0.39, 0.29) is 24.0 Å². The number of rotatable bonds is 7. The summed E-state index contributed by atoms with van der Waals surface area (Å²) in [6.07, 6.45) is 1.76. The summed E-state index contributed by atoms with van der Waals surface area (Å²) in [6.45, 7) is 1.73. The Hall–Kier alpha value is -3.01. The summed E-state index contributed by atoms with van der Waals surface area (Å²) in [5, 5.41) is 24.4. The molecule has 0 aliphatic rings. The first-order valence-electron chi connectivity index (χ1n) is 7.33. The molecule has 25 heavy (non-hydrogen) atoms. The van der Waals surface area contributed by atoms with Crippen molar-refractivity contribution >= 4 is 34.5 Å². The molecule has 0 bridgehead atoms. The van der Waals surface area contributed by atoms with Gasteiger partial charge in [-0.05, 0) is 23.8 Å². The van der Waals surface area contributed by atoms with Crippen LogP contribution in [0.5, 0.6) is 11.5 Å². The topological polar surface area (TPSA) is 126 Å². The van der Waals surface area contributed by atoms with Crippen molar-refractivity contribution in [2.75, 3.05) is 12.4 Å². The van der Waals surface area contributed by atoms with E-state index < -0.39 is 0 Å². The lowest BCUT2D eigenvalue weighted by atomic mass is 10.2. The second-order valence-corrected chi connectivity index (χ2v) is 5.87. The number of methoxy groups -OCH3 is 1. The van der Waals surface area contributed by atoms with Gasteiger partial charge < -0.3 is 15.2 Å². The van der Waals surface area contributed by atoms with Crippen LogP contribution in [0.4, 0.5) is 5.13 Å². The summed E-state index contributed by atoms with van der Waals surface area (Å²) < 4.78 is 4.99. The van der Waals surface area contributed by atoms with Gasteiger partial charge in [-0.25, -0.2) is 5.43 Å². The normalized spacial score (nSPS) is 10.6. The lowest BCUT2D eigenvalue weighted by Crippen LogP contribution is -2.19. The van der Waals surface area contributed by atoms with Gasteiger partial charge in [-0.3, -0.25) is 9.59 Å². The molecule has 1 aromatic heterocycles. The molecule has 0 fully saturated rings. The Labute approximate surface area is 147 Å². The standard InChI is InChI=1S/C15H17N5O4S/c1-3-12(22)17-15-20-19-14(25-15)7-13(23)18-16-8-9-4-5-10(21)11(6-9)24-2/h4-6,8,21H,3,7H2,1-2H3,(H,18,23)(H,17,20,22)/b16-8-. The van der Waals surface area contributed by atoms with E-state index in [1.807, 2.05) is 0 Å². The van der Waals surface area contributed by atoms with E-state index in [0.29, 0.717) is 27.9 Å². The Morgan fingerprint density at radius 2 is 2.16 bits per heavy atom. The molecule has 0 saturated heterocycles. The van der Waals surface area contributed by atoms with Gasteiger partial charge in [0.2, 0.25) is 16.9 Å². The summed E-state index contributed by atoms with van der Waals surface area (Å²) in [4.78, 5) is 23.1. The monoisotopic (exact) mass is 363 g/mol. The number of anilines is 1. The molecule has 0 spiro atoms. The van der Waals surface area contributed by atoms with Gasteiger partial charge >= 0.3 is 0 Å². The molecule has 0 aliphatic carbocycles. The number of nitrogens with one attached hydrogen (secondary N) is 2. The number of amides is 2. The molecule has 0 radical (unpaired) electrons. The highest BCUT2D eigenvalue weighted by Gasteiger charge is 2.10. The highest BCUT2D eigenvalue weighted by molar-refractivity contribution is 7.15. The van der Waals surface area contributed by atoms with E-state index >= 15 is 0 Å². The third-order valence-electron chi connectivity index (χ3n) is 2.95. The molecular weight excluding hydrogens is 346 g/mol. The largest absolute Gasteiger partial charge is 0.504 e. The van der Waals surface area contributed by atoms with Gasteiger partial charge in [0.1, 0.15) is 5.01 Å². The quantitative estimate of drug-likeness (QED) is 0.503. The lowest BCUT2D eigenvalue weighted by Gasteiger charge is -2.03. The fourth-order valence-corrected chi connectivity index (χ4v) is 2.47. The van der Waals surface area contributed by atoms with Crippen LogP contribution in [0.15, 0.2) is 23.3 Å². The number of hydrazone groups is 1. The minimum atomic E-state index is -0.369. The molecule has 10 heteroatoms. The third kappa shape index (κ3) is 5.53. The van der Waals surface area contributed by atoms with Crippen LogP contribution in [-0.2, 0) is 16.0 Å². The first-order chi connectivity index (χ1) is 12.0. The number of hydrogen-bond donors (Lipinski definition) is 3. The van der Waals surface area contributed by atoms with Crippen molar-refractivity contribution in [2.45, 2.75) is 19.8 Å². The number of hydrogen-bond acceptors (Lipinski definition) is 8. The van der Waals surface area contributed by atoms with E-state index in [0.717, 1.165) is 11.3 Å². The second-order valence-electron chi connectivity index (χ2n) is 4.80. The fraction of sp³-hybridized carbons (Fsp3) is 0.267. The number of carbonyl (C=O) groups is 2. The molecule has 2 rings (SSSR count). The Morgan fingerprint density at radius 3 is 2.88 bits per heavy atom. The van der Waals surface area contributed by atoms with E-state index in [2.05, 4.69) is 26.0 Å². The van der Waals surface area contributed by atoms with Gasteiger partial charge in [0.05, 0.1) is 19.7 Å². The van der Waals surface area contributed by atoms with Gasteiger partial charge in [0.15, 0.2) is 11.5 Å². The number of phenolic OH excluding ortho intramolecular Hbond substituents is 1. The van der Waals surface area contributed by atoms with Gasteiger partial charge in [-0.15, -0.1) is 10.2 Å². The minimum Gasteiger partial charge on any atom is -0.504 e. The van der Waals surface area contributed by atoms with Crippen LogP contribution in [0.3, 0.4) is 0 Å². The Morgan fingerprint density at radius 1 is 1.36 bits per heavy atom. The number of aromatic nitrogens is 2. The fourth-order valence-electron chi connectivity index (χ4n) is 1.71. The van der Waals surface area contributed by atoms with Crippen LogP contribution < -0.4 is 15.5 Å². The predicted molar refractivity (Wildman–Crippen MR) is 92.9 cm³/mol. The molecule has 132 valence electrons. The van der Waals surface area contributed by atoms with E-state index in [4.69, 9.17) is 4.74 Å². The second kappa shape index (κ2) is 8.73. The average molecular weight is 363 g/mol. The summed E-state index contributed by atoms with van der Waals surface area (Å²) in [5.41, 5.74) is 3.02. The molecule has 1 heterocycles. The Kier molecular flexibility index (Phi) is 6.40. The number of carbonyl (C=O) groups excluding carboxylic acids is 2. The SMILES string of the molecule is CCC(=O)Nc1nnc(CC(=O)N/N=C\c2ccc(O)c(OC)c2)s1. The van der Waals surface area contributed by atoms with Crippen molar-refractivity contribution < 1.29 is 19.4 Å². The van der Waals surface area contributed by atoms with Crippen molar-refractivity contribution in [3.05, 3.63) is 28.8 Å². The molecule has 2 aromatic rings. The number of benzene rings is 1. The van der Waals surface area contributed by atoms with Gasteiger partial charge in [-0.1, -0.05) is 18.3 Å². The smallest absolute Gasteiger partial charge is 0.247 e. The van der Waals surface area contributed by atoms with Crippen molar-refractivity contribution in [1.82, 2.24) is 15.6 Å². The van der Waals surface area contributed by atoms with Crippen LogP contribution >= 0.6 is 11.3 Å². The average Bonchev–Trinajstić information content (AvgIpc) is 3.02. The van der Waals surface area contributed by atoms with Crippen molar-refractivity contribution in [3.8, 4) is 11.5 Å². The summed E-state index contributed by atoms with van der Waals surface area (Å²) in [5.74, 6) is -0.204. The van der Waals surface area contributed by atoms with Crippen molar-refractivity contribution in [1.29, 1.82) is 0 Å². The highest BCUT2D eigenvalue weighted by atomic mass is 32.1. The number of phenols is 1. The third-order valence-corrected chi connectivity index (χ3v) is 3.79. The molecule has 0 saturated carbocycles. The summed E-state index contributed by atoms with van der Waals surface area (Å²) >= 11 is 1.13. The van der Waals surface area contributed by atoms with Crippen molar-refractivity contribution in [3.63, 3.8) is 0 Å². The Balaban J connectivity index is 1.87. The van der Waals surface area contributed by atoms with E-state index in [1.54, 1.807) is 19.1 Å². The Bertz CT molecular complexity index is 790. The first kappa shape index (κ1) is 18.3. The van der Waals surface area contributed by atoms with Crippen LogP contribution in [0.2, 0.25) is 0 Å². The molecular formula is C15H17N5O4S. The lowest BCUT2D eigenvalue weighted by molar-refractivity contribution is -0.120. The van der Waals surface area contributed by atoms with Gasteiger partial charge in [0, 0.05) is 6.42 Å². The van der Waals surface area contributed by atoms with Crippen LogP contribution in [0.25, 0.3) is 0 Å². The predicted octanol–water partition coefficient (Wildman–Crippen LogP) is 1.29. The number of aromatic hydroxyl groups is 1. The maximum atomic E-state index is 11.8. The van der Waals surface area contributed by atoms with Crippen LogP contribution in [0.1, 0.15) is 23.9 Å². The molecule has 3 N–H and O–H groups in total. The molecule has 0 unspecified atom stereocenters. The van der Waals surface area contributed by atoms with E-state index in [1.165, 1.54) is 19.4 Å². The molecule has 2 amide bonds. The number of ether oxygens (including phenoxy) is 1. The van der Waals surface area contributed by atoms with Crippen LogP contribution in [-0.4, -0.2) is 40.4 Å². The highest BCUT2D eigenvalue weighted by Crippen LogP contribution is 2.25. The summed E-state index contributed by atoms with van der Waals surface area (Å²) in [7, 11) is 1.44.